The van der Waals surface area contributed by atoms with E-state index in [0.29, 0.717) is 72.0 Å². The predicted octanol–water partition coefficient (Wildman–Crippen LogP) is 3.59. The maximum Gasteiger partial charge on any atom is 0.220 e. The molecule has 0 unspecified atom stereocenters. The highest BCUT2D eigenvalue weighted by Gasteiger charge is 2.16. The van der Waals surface area contributed by atoms with Crippen molar-refractivity contribution in [2.75, 3.05) is 65.9 Å². The molecule has 0 rings (SSSR count). The third kappa shape index (κ3) is 27.6. The van der Waals surface area contributed by atoms with Crippen LogP contribution in [0.3, 0.4) is 0 Å². The molecule has 9 nitrogen and oxygen atoms in total. The Morgan fingerprint density at radius 1 is 0.622 bits per heavy atom. The minimum atomic E-state index is -0.105. The molecule has 3 N–H and O–H groups in total. The summed E-state index contributed by atoms with van der Waals surface area (Å²) in [5, 5.41) is 9.19. The van der Waals surface area contributed by atoms with Crippen LogP contribution in [0, 0.1) is 0 Å². The molecule has 37 heavy (non-hydrogen) atoms. The smallest absolute Gasteiger partial charge is 0.220 e. The molecule has 0 aromatic heterocycles. The van der Waals surface area contributed by atoms with Gasteiger partial charge in [-0.3, -0.25) is 9.59 Å². The van der Waals surface area contributed by atoms with Crippen molar-refractivity contribution in [3.63, 3.8) is 0 Å². The van der Waals surface area contributed by atoms with Crippen LogP contribution in [0.1, 0.15) is 92.9 Å². The van der Waals surface area contributed by atoms with Crippen molar-refractivity contribution in [2.45, 2.75) is 104 Å². The van der Waals surface area contributed by atoms with E-state index in [1.165, 1.54) is 0 Å². The van der Waals surface area contributed by atoms with Gasteiger partial charge in [0, 0.05) is 51.3 Å². The summed E-state index contributed by atoms with van der Waals surface area (Å²) >= 11 is 0. The van der Waals surface area contributed by atoms with Gasteiger partial charge in [-0.15, -0.1) is 0 Å². The Kier molecular flexibility index (Phi) is 21.9. The van der Waals surface area contributed by atoms with E-state index in [2.05, 4.69) is 57.5 Å². The molecule has 0 atom stereocenters. The summed E-state index contributed by atoms with van der Waals surface area (Å²) < 4.78 is 22.4. The molecule has 0 aromatic rings. The average Bonchev–Trinajstić information content (AvgIpc) is 2.80. The van der Waals surface area contributed by atoms with Gasteiger partial charge in [0.25, 0.3) is 0 Å². The third-order valence-electron chi connectivity index (χ3n) is 5.45. The normalized spacial score (nSPS) is 12.1. The van der Waals surface area contributed by atoms with Crippen LogP contribution in [-0.4, -0.2) is 88.8 Å². The van der Waals surface area contributed by atoms with E-state index in [-0.39, 0.29) is 23.0 Å². The lowest BCUT2D eigenvalue weighted by molar-refractivity contribution is -0.122. The van der Waals surface area contributed by atoms with Crippen LogP contribution in [0.5, 0.6) is 0 Å². The van der Waals surface area contributed by atoms with Gasteiger partial charge in [-0.05, 0) is 73.3 Å². The van der Waals surface area contributed by atoms with Crippen molar-refractivity contribution in [3.8, 4) is 0 Å². The van der Waals surface area contributed by atoms with E-state index in [1.807, 2.05) is 0 Å². The Morgan fingerprint density at radius 3 is 1.57 bits per heavy atom. The molecule has 0 fully saturated rings. The quantitative estimate of drug-likeness (QED) is 0.155. The summed E-state index contributed by atoms with van der Waals surface area (Å²) in [4.78, 5) is 23.8. The molecule has 9 heteroatoms. The fraction of sp³-hybridized carbons (Fsp3) is 0.929. The first-order valence-electron chi connectivity index (χ1n) is 14.2. The van der Waals surface area contributed by atoms with E-state index in [0.717, 1.165) is 45.3 Å². The minimum absolute atomic E-state index is 0.0174. The van der Waals surface area contributed by atoms with E-state index < -0.39 is 0 Å². The van der Waals surface area contributed by atoms with Crippen molar-refractivity contribution < 1.29 is 28.5 Å². The molecular weight excluding hydrogens is 474 g/mol. The molecule has 0 saturated carbocycles. The van der Waals surface area contributed by atoms with E-state index in [1.54, 1.807) is 0 Å². The van der Waals surface area contributed by atoms with Crippen LogP contribution >= 0.6 is 0 Å². The van der Waals surface area contributed by atoms with Crippen LogP contribution in [0.4, 0.5) is 0 Å². The lowest BCUT2D eigenvalue weighted by Gasteiger charge is -2.24. The first kappa shape index (κ1) is 35.7. The lowest BCUT2D eigenvalue weighted by atomic mass is 10.0. The molecule has 0 aromatic carbocycles. The standard InChI is InChI=1S/C28H57N3O6/c1-7-14-28(5,6)37-20-10-16-30-26(33)13-8-12-25(32)29-15-9-18-34-21-23-36-24-22-35-19-11-17-31-27(2,3)4/h31H,7-24H2,1-6H3,(H,29,32)(H,30,33). The minimum Gasteiger partial charge on any atom is -0.379 e. The topological polar surface area (TPSA) is 107 Å². The average molecular weight is 532 g/mol. The molecule has 0 aliphatic rings. The Hall–Kier alpha value is -1.26. The highest BCUT2D eigenvalue weighted by atomic mass is 16.5. The molecular formula is C28H57N3O6. The maximum atomic E-state index is 11.9. The predicted molar refractivity (Wildman–Crippen MR) is 149 cm³/mol. The molecule has 2 amide bonds. The molecule has 0 aliphatic heterocycles. The number of carbonyl (C=O) groups is 2. The highest BCUT2D eigenvalue weighted by molar-refractivity contribution is 5.78. The SMILES string of the molecule is CCCC(C)(C)OCCCNC(=O)CCCC(=O)NCCCOCCOCCOCCCNC(C)(C)C. The highest BCUT2D eigenvalue weighted by Crippen LogP contribution is 2.16. The Labute approximate surface area is 226 Å². The van der Waals surface area contributed by atoms with Crippen molar-refractivity contribution >= 4 is 11.8 Å². The second-order valence-electron chi connectivity index (χ2n) is 11.0. The zero-order valence-corrected chi connectivity index (χ0v) is 24.7. The zero-order valence-electron chi connectivity index (χ0n) is 24.7. The number of hydrogen-bond donors (Lipinski definition) is 3. The zero-order chi connectivity index (χ0) is 27.8. The summed E-state index contributed by atoms with van der Waals surface area (Å²) in [7, 11) is 0. The first-order valence-corrected chi connectivity index (χ1v) is 14.2. The van der Waals surface area contributed by atoms with Crippen molar-refractivity contribution in [1.82, 2.24) is 16.0 Å². The second-order valence-corrected chi connectivity index (χ2v) is 11.0. The molecule has 0 saturated heterocycles. The molecule has 0 spiro atoms. The number of ether oxygens (including phenoxy) is 4. The Bertz CT molecular complexity index is 567. The summed E-state index contributed by atoms with van der Waals surface area (Å²) in [5.41, 5.74) is 0.0436. The summed E-state index contributed by atoms with van der Waals surface area (Å²) in [6.07, 6.45) is 5.89. The van der Waals surface area contributed by atoms with Gasteiger partial charge in [-0.1, -0.05) is 13.3 Å². The van der Waals surface area contributed by atoms with Gasteiger partial charge < -0.3 is 34.9 Å². The van der Waals surface area contributed by atoms with Crippen molar-refractivity contribution in [2.24, 2.45) is 0 Å². The van der Waals surface area contributed by atoms with Gasteiger partial charge in [0.15, 0.2) is 0 Å². The van der Waals surface area contributed by atoms with E-state index in [4.69, 9.17) is 18.9 Å². The Balaban J connectivity index is 3.38. The fourth-order valence-electron chi connectivity index (χ4n) is 3.49. The van der Waals surface area contributed by atoms with Crippen LogP contribution < -0.4 is 16.0 Å². The van der Waals surface area contributed by atoms with Crippen LogP contribution in [0.25, 0.3) is 0 Å². The Morgan fingerprint density at radius 2 is 1.08 bits per heavy atom. The van der Waals surface area contributed by atoms with Gasteiger partial charge in [0.2, 0.25) is 11.8 Å². The monoisotopic (exact) mass is 531 g/mol. The third-order valence-corrected chi connectivity index (χ3v) is 5.45. The summed E-state index contributed by atoms with van der Waals surface area (Å²) in [6, 6.07) is 0. The van der Waals surface area contributed by atoms with Crippen LogP contribution in [-0.2, 0) is 28.5 Å². The molecule has 0 bridgehead atoms. The first-order chi connectivity index (χ1) is 17.6. The number of carbonyl (C=O) groups excluding carboxylic acids is 2. The molecule has 0 aliphatic carbocycles. The number of rotatable bonds is 25. The number of hydrogen-bond acceptors (Lipinski definition) is 7. The molecule has 0 radical (unpaired) electrons. The number of nitrogens with one attached hydrogen (secondary N) is 3. The molecule has 0 heterocycles. The summed E-state index contributed by atoms with van der Waals surface area (Å²) in [6.45, 7) is 19.1. The van der Waals surface area contributed by atoms with Gasteiger partial charge in [-0.2, -0.15) is 0 Å². The fourth-order valence-corrected chi connectivity index (χ4v) is 3.49. The largest absolute Gasteiger partial charge is 0.379 e. The second kappa shape index (κ2) is 22.7. The lowest BCUT2D eigenvalue weighted by Crippen LogP contribution is -2.36. The van der Waals surface area contributed by atoms with E-state index >= 15 is 0 Å². The van der Waals surface area contributed by atoms with Crippen molar-refractivity contribution in [3.05, 3.63) is 0 Å². The van der Waals surface area contributed by atoms with Gasteiger partial charge in [-0.25, -0.2) is 0 Å². The molecule has 220 valence electrons. The number of amides is 2. The van der Waals surface area contributed by atoms with Crippen molar-refractivity contribution in [1.29, 1.82) is 0 Å². The maximum absolute atomic E-state index is 11.9. The van der Waals surface area contributed by atoms with Gasteiger partial charge >= 0.3 is 0 Å². The van der Waals surface area contributed by atoms with Crippen LogP contribution in [0.15, 0.2) is 0 Å². The van der Waals surface area contributed by atoms with Gasteiger partial charge in [0.05, 0.1) is 32.0 Å². The summed E-state index contributed by atoms with van der Waals surface area (Å²) in [5.74, 6) is -0.0481. The van der Waals surface area contributed by atoms with E-state index in [9.17, 15) is 9.59 Å². The van der Waals surface area contributed by atoms with Gasteiger partial charge in [0.1, 0.15) is 0 Å². The van der Waals surface area contributed by atoms with Crippen LogP contribution in [0.2, 0.25) is 0 Å².